The van der Waals surface area contributed by atoms with E-state index in [1.807, 2.05) is 42.5 Å². The second-order valence-electron chi connectivity index (χ2n) is 5.26. The van der Waals surface area contributed by atoms with Gasteiger partial charge in [0.1, 0.15) is 5.69 Å². The Kier molecular flexibility index (Phi) is 3.90. The van der Waals surface area contributed by atoms with Gasteiger partial charge in [-0.05, 0) is 28.0 Å². The number of alkyl halides is 3. The summed E-state index contributed by atoms with van der Waals surface area (Å²) < 4.78 is 39.7. The maximum atomic E-state index is 13.2. The maximum Gasteiger partial charge on any atom is 0.433 e. The molecule has 0 saturated heterocycles. The van der Waals surface area contributed by atoms with Crippen LogP contribution in [0.2, 0.25) is 0 Å². The minimum absolute atomic E-state index is 0.116. The Bertz CT molecular complexity index is 852. The first kappa shape index (κ1) is 15.3. The van der Waals surface area contributed by atoms with Crippen molar-refractivity contribution < 1.29 is 13.2 Å². The van der Waals surface area contributed by atoms with Crippen LogP contribution in [0.5, 0.6) is 0 Å². The van der Waals surface area contributed by atoms with E-state index in [4.69, 9.17) is 0 Å². The number of pyridine rings is 1. The van der Waals surface area contributed by atoms with E-state index in [1.165, 1.54) is 18.2 Å². The highest BCUT2D eigenvalue weighted by Gasteiger charge is 2.36. The molecule has 1 aromatic heterocycles. The first-order chi connectivity index (χ1) is 11.0. The molecule has 0 aliphatic carbocycles. The number of hydrogen-bond donors (Lipinski definition) is 0. The highest BCUT2D eigenvalue weighted by Crippen LogP contribution is 2.37. The van der Waals surface area contributed by atoms with Gasteiger partial charge in [0.25, 0.3) is 0 Å². The number of aromatic nitrogens is 1. The van der Waals surface area contributed by atoms with Crippen molar-refractivity contribution in [3.8, 4) is 0 Å². The van der Waals surface area contributed by atoms with Crippen LogP contribution >= 0.6 is 0 Å². The minimum atomic E-state index is -4.49. The molecule has 1 atom stereocenters. The third-order valence-corrected chi connectivity index (χ3v) is 3.81. The van der Waals surface area contributed by atoms with Crippen molar-refractivity contribution >= 4 is 10.8 Å². The van der Waals surface area contributed by atoms with Gasteiger partial charge in [-0.1, -0.05) is 54.6 Å². The number of nitrogens with zero attached hydrogens (tertiary/aromatic N) is 1. The summed E-state index contributed by atoms with van der Waals surface area (Å²) in [6, 6.07) is 16.3. The van der Waals surface area contributed by atoms with Crippen LogP contribution in [0.3, 0.4) is 0 Å². The molecule has 3 rings (SSSR count). The fourth-order valence-electron chi connectivity index (χ4n) is 2.75. The molecular weight excluding hydrogens is 299 g/mol. The first-order valence-electron chi connectivity index (χ1n) is 7.14. The summed E-state index contributed by atoms with van der Waals surface area (Å²) in [5.74, 6) is -0.565. The second kappa shape index (κ2) is 5.88. The topological polar surface area (TPSA) is 12.9 Å². The molecule has 0 aliphatic heterocycles. The molecule has 4 heteroatoms. The van der Waals surface area contributed by atoms with E-state index >= 15 is 0 Å². The molecule has 0 aliphatic rings. The van der Waals surface area contributed by atoms with Gasteiger partial charge in [-0.15, -0.1) is 6.58 Å². The van der Waals surface area contributed by atoms with Gasteiger partial charge >= 0.3 is 6.18 Å². The van der Waals surface area contributed by atoms with E-state index in [0.29, 0.717) is 0 Å². The molecule has 116 valence electrons. The lowest BCUT2D eigenvalue weighted by atomic mass is 9.89. The lowest BCUT2D eigenvalue weighted by Crippen LogP contribution is -2.14. The number of fused-ring (bicyclic) bond motifs is 1. The molecule has 23 heavy (non-hydrogen) atoms. The van der Waals surface area contributed by atoms with Gasteiger partial charge in [0, 0.05) is 12.1 Å². The van der Waals surface area contributed by atoms with E-state index in [0.717, 1.165) is 22.5 Å². The minimum Gasteiger partial charge on any atom is -0.251 e. The van der Waals surface area contributed by atoms with Crippen molar-refractivity contribution in [1.29, 1.82) is 0 Å². The summed E-state index contributed by atoms with van der Waals surface area (Å²) in [5, 5.41) is 2.02. The fourth-order valence-corrected chi connectivity index (χ4v) is 2.75. The predicted molar refractivity (Wildman–Crippen MR) is 85.2 cm³/mol. The highest BCUT2D eigenvalue weighted by molar-refractivity contribution is 5.83. The van der Waals surface area contributed by atoms with E-state index in [9.17, 15) is 13.2 Å². The number of benzene rings is 2. The summed E-state index contributed by atoms with van der Waals surface area (Å²) in [4.78, 5) is 3.53. The normalized spacial score (nSPS) is 13.0. The first-order valence-corrected chi connectivity index (χ1v) is 7.14. The average molecular weight is 313 g/mol. The van der Waals surface area contributed by atoms with Gasteiger partial charge in [0.15, 0.2) is 0 Å². The molecular formula is C19H14F3N. The lowest BCUT2D eigenvalue weighted by molar-refractivity contribution is -0.141. The Balaban J connectivity index is 2.14. The Morgan fingerprint density at radius 3 is 2.39 bits per heavy atom. The van der Waals surface area contributed by atoms with E-state index < -0.39 is 17.8 Å². The predicted octanol–water partition coefficient (Wildman–Crippen LogP) is 5.57. The lowest BCUT2D eigenvalue weighted by Gasteiger charge is -2.18. The molecule has 1 heterocycles. The van der Waals surface area contributed by atoms with Gasteiger partial charge in [-0.25, -0.2) is 0 Å². The van der Waals surface area contributed by atoms with Gasteiger partial charge in [0.2, 0.25) is 0 Å². The molecule has 0 radical (unpaired) electrons. The van der Waals surface area contributed by atoms with Crippen molar-refractivity contribution in [2.75, 3.05) is 0 Å². The summed E-state index contributed by atoms with van der Waals surface area (Å²) in [6.45, 7) is 3.72. The van der Waals surface area contributed by atoms with Crippen LogP contribution in [-0.2, 0) is 6.18 Å². The Labute approximate surface area is 132 Å². The van der Waals surface area contributed by atoms with Crippen LogP contribution in [0.25, 0.3) is 10.8 Å². The van der Waals surface area contributed by atoms with Crippen molar-refractivity contribution in [3.63, 3.8) is 0 Å². The summed E-state index contributed by atoms with van der Waals surface area (Å²) >= 11 is 0. The third kappa shape index (κ3) is 2.97. The third-order valence-electron chi connectivity index (χ3n) is 3.81. The number of allylic oxidation sites excluding steroid dienone is 1. The molecule has 0 N–H and O–H groups in total. The fraction of sp³-hybridized carbons (Fsp3) is 0.105. The monoisotopic (exact) mass is 313 g/mol. The van der Waals surface area contributed by atoms with Gasteiger partial charge < -0.3 is 0 Å². The Hall–Kier alpha value is -2.62. The summed E-state index contributed by atoms with van der Waals surface area (Å²) in [5.41, 5.74) is 0.0144. The van der Waals surface area contributed by atoms with Gasteiger partial charge in [0.05, 0.1) is 0 Å². The van der Waals surface area contributed by atoms with Gasteiger partial charge in [-0.2, -0.15) is 13.2 Å². The Morgan fingerprint density at radius 2 is 1.70 bits per heavy atom. The molecule has 0 fully saturated rings. The SMILES string of the molecule is C=CC(c1ccc2ccccc2c1)c1cccnc1C(F)(F)F. The largest absolute Gasteiger partial charge is 0.433 e. The van der Waals surface area contributed by atoms with Crippen LogP contribution < -0.4 is 0 Å². The van der Waals surface area contributed by atoms with E-state index in [-0.39, 0.29) is 5.56 Å². The smallest absolute Gasteiger partial charge is 0.251 e. The zero-order chi connectivity index (χ0) is 16.4. The van der Waals surface area contributed by atoms with Crippen LogP contribution in [0, 0.1) is 0 Å². The highest BCUT2D eigenvalue weighted by atomic mass is 19.4. The average Bonchev–Trinajstić information content (AvgIpc) is 2.55. The molecule has 1 unspecified atom stereocenters. The van der Waals surface area contributed by atoms with Crippen molar-refractivity contribution in [2.45, 2.75) is 12.1 Å². The molecule has 0 amide bonds. The van der Waals surface area contributed by atoms with Crippen molar-refractivity contribution in [2.24, 2.45) is 0 Å². The zero-order valence-electron chi connectivity index (χ0n) is 12.2. The quantitative estimate of drug-likeness (QED) is 0.576. The molecule has 0 bridgehead atoms. The van der Waals surface area contributed by atoms with Crippen LogP contribution in [0.4, 0.5) is 13.2 Å². The standard InChI is InChI=1S/C19H14F3N/c1-2-16(17-8-5-11-23-18(17)19(20,21)22)15-10-9-13-6-3-4-7-14(13)12-15/h2-12,16H,1H2. The second-order valence-corrected chi connectivity index (χ2v) is 5.26. The van der Waals surface area contributed by atoms with Crippen molar-refractivity contribution in [1.82, 2.24) is 4.98 Å². The number of rotatable bonds is 3. The van der Waals surface area contributed by atoms with Crippen LogP contribution in [-0.4, -0.2) is 4.98 Å². The summed E-state index contributed by atoms with van der Waals surface area (Å²) in [7, 11) is 0. The van der Waals surface area contributed by atoms with E-state index in [2.05, 4.69) is 11.6 Å². The molecule has 1 nitrogen and oxygen atoms in total. The van der Waals surface area contributed by atoms with E-state index in [1.54, 1.807) is 0 Å². The summed E-state index contributed by atoms with van der Waals surface area (Å²) in [6.07, 6.45) is -1.81. The molecule has 0 saturated carbocycles. The molecule has 3 aromatic rings. The molecule has 2 aromatic carbocycles. The number of hydrogen-bond acceptors (Lipinski definition) is 1. The maximum absolute atomic E-state index is 13.2. The van der Waals surface area contributed by atoms with Crippen LogP contribution in [0.15, 0.2) is 73.4 Å². The Morgan fingerprint density at radius 1 is 0.957 bits per heavy atom. The van der Waals surface area contributed by atoms with Crippen molar-refractivity contribution in [3.05, 3.63) is 90.3 Å². The molecule has 0 spiro atoms. The van der Waals surface area contributed by atoms with Crippen LogP contribution in [0.1, 0.15) is 22.7 Å². The zero-order valence-corrected chi connectivity index (χ0v) is 12.2. The number of halogens is 3. The van der Waals surface area contributed by atoms with Gasteiger partial charge in [-0.3, -0.25) is 4.98 Å².